The van der Waals surface area contributed by atoms with Crippen LogP contribution >= 0.6 is 8.25 Å². The highest BCUT2D eigenvalue weighted by molar-refractivity contribution is 7.34. The largest absolute Gasteiger partial charge is 0.419 e. The first-order valence-corrected chi connectivity index (χ1v) is 10.8. The van der Waals surface area contributed by atoms with E-state index in [2.05, 4.69) is 79.7 Å². The minimum Gasteiger partial charge on any atom is -0.417 e. The van der Waals surface area contributed by atoms with E-state index in [9.17, 15) is 4.57 Å². The molecule has 146 valence electrons. The Kier molecular flexibility index (Phi) is 4.97. The van der Waals surface area contributed by atoms with Crippen LogP contribution in [0.4, 0.5) is 0 Å². The summed E-state index contributed by atoms with van der Waals surface area (Å²) in [6.07, 6.45) is 0.704. The summed E-state index contributed by atoms with van der Waals surface area (Å²) in [6.45, 7) is 17.1. The number of fused-ring (bicyclic) bond motifs is 2. The first-order chi connectivity index (χ1) is 12.4. The normalized spacial score (nSPS) is 15.1. The van der Waals surface area contributed by atoms with Crippen LogP contribution in [0.5, 0.6) is 11.5 Å². The van der Waals surface area contributed by atoms with Crippen molar-refractivity contribution in [2.24, 2.45) is 0 Å². The van der Waals surface area contributed by atoms with Crippen LogP contribution in [0.15, 0.2) is 24.3 Å². The Hall–Kier alpha value is -1.73. The third-order valence-electron chi connectivity index (χ3n) is 4.99. The van der Waals surface area contributed by atoms with E-state index in [0.717, 1.165) is 33.8 Å². The highest BCUT2D eigenvalue weighted by Gasteiger charge is 2.29. The molecule has 0 saturated heterocycles. The zero-order valence-corrected chi connectivity index (χ0v) is 18.7. The maximum absolute atomic E-state index is 12.8. The van der Waals surface area contributed by atoms with E-state index in [1.54, 1.807) is 0 Å². The third kappa shape index (κ3) is 4.09. The number of benzene rings is 2. The Morgan fingerprint density at radius 3 is 1.44 bits per heavy atom. The fourth-order valence-corrected chi connectivity index (χ4v) is 4.56. The lowest BCUT2D eigenvalue weighted by Gasteiger charge is -2.30. The first-order valence-electron chi connectivity index (χ1n) is 9.54. The van der Waals surface area contributed by atoms with Gasteiger partial charge in [-0.3, -0.25) is 0 Å². The molecule has 4 heteroatoms. The maximum atomic E-state index is 12.8. The maximum Gasteiger partial charge on any atom is 0.419 e. The van der Waals surface area contributed by atoms with Crippen LogP contribution in [0.3, 0.4) is 0 Å². The molecule has 0 unspecified atom stereocenters. The van der Waals surface area contributed by atoms with Crippen molar-refractivity contribution in [3.05, 3.63) is 57.6 Å². The smallest absolute Gasteiger partial charge is 0.417 e. The Bertz CT molecular complexity index is 841. The minimum atomic E-state index is -2.71. The molecule has 1 aliphatic heterocycles. The molecule has 0 aromatic heterocycles. The van der Waals surface area contributed by atoms with Gasteiger partial charge in [-0.2, -0.15) is 0 Å². The molecule has 1 aliphatic rings. The molecule has 3 nitrogen and oxygen atoms in total. The van der Waals surface area contributed by atoms with E-state index in [-0.39, 0.29) is 10.8 Å². The SMILES string of the molecule is Cc1cc2c(c(C(C)(C)C)c1)O[PH](=O)Oc1c(cc(C)cc1C(C)(C)C)C2. The Morgan fingerprint density at radius 2 is 1.11 bits per heavy atom. The summed E-state index contributed by atoms with van der Waals surface area (Å²) in [6, 6.07) is 8.56. The van der Waals surface area contributed by atoms with Crippen LogP contribution in [0.1, 0.15) is 74.9 Å². The molecular formula is C23H31O3P. The van der Waals surface area contributed by atoms with Gasteiger partial charge in [0.25, 0.3) is 0 Å². The zero-order valence-electron chi connectivity index (χ0n) is 17.7. The summed E-state index contributed by atoms with van der Waals surface area (Å²) in [5.74, 6) is 1.45. The van der Waals surface area contributed by atoms with Gasteiger partial charge >= 0.3 is 8.25 Å². The number of aryl methyl sites for hydroxylation is 2. The van der Waals surface area contributed by atoms with E-state index >= 15 is 0 Å². The molecule has 2 aromatic carbocycles. The lowest BCUT2D eigenvalue weighted by atomic mass is 9.81. The van der Waals surface area contributed by atoms with Crippen molar-refractivity contribution >= 4 is 8.25 Å². The number of rotatable bonds is 0. The Balaban J connectivity index is 2.27. The van der Waals surface area contributed by atoms with Crippen LogP contribution in [0.25, 0.3) is 0 Å². The molecule has 0 bridgehead atoms. The van der Waals surface area contributed by atoms with Gasteiger partial charge in [0.05, 0.1) is 0 Å². The summed E-state index contributed by atoms with van der Waals surface area (Å²) >= 11 is 0. The van der Waals surface area contributed by atoms with Gasteiger partial charge in [-0.15, -0.1) is 0 Å². The second kappa shape index (κ2) is 6.71. The van der Waals surface area contributed by atoms with Gasteiger partial charge in [-0.25, -0.2) is 4.57 Å². The van der Waals surface area contributed by atoms with E-state index < -0.39 is 8.25 Å². The van der Waals surface area contributed by atoms with Crippen LogP contribution < -0.4 is 9.05 Å². The summed E-state index contributed by atoms with van der Waals surface area (Å²) in [7, 11) is -2.71. The fourth-order valence-electron chi connectivity index (χ4n) is 3.71. The zero-order chi connectivity index (χ0) is 20.1. The second-order valence-corrected chi connectivity index (χ2v) is 10.6. The minimum absolute atomic E-state index is 0.108. The molecule has 0 amide bonds. The molecule has 0 atom stereocenters. The Morgan fingerprint density at radius 1 is 0.741 bits per heavy atom. The fraction of sp³-hybridized carbons (Fsp3) is 0.478. The topological polar surface area (TPSA) is 35.5 Å². The highest BCUT2D eigenvalue weighted by Crippen LogP contribution is 2.47. The highest BCUT2D eigenvalue weighted by atomic mass is 31.1. The van der Waals surface area contributed by atoms with Gasteiger partial charge in [0.15, 0.2) is 0 Å². The lowest BCUT2D eigenvalue weighted by molar-refractivity contribution is 0.395. The molecule has 0 aliphatic carbocycles. The van der Waals surface area contributed by atoms with Gasteiger partial charge in [-0.05, 0) is 35.8 Å². The molecule has 0 N–H and O–H groups in total. The molecule has 27 heavy (non-hydrogen) atoms. The van der Waals surface area contributed by atoms with Crippen molar-refractivity contribution in [2.45, 2.75) is 72.6 Å². The van der Waals surface area contributed by atoms with Gasteiger partial charge < -0.3 is 9.05 Å². The average molecular weight is 386 g/mol. The standard InChI is InChI=1S/C23H31O3P/c1-14-9-16-13-17-10-15(2)12-19(23(6,7)8)21(17)26-27(24)25-20(16)18(11-14)22(3,4)5/h9-12,27H,13H2,1-8H3. The predicted octanol–water partition coefficient (Wildman–Crippen LogP) is 6.65. The molecule has 0 saturated carbocycles. The van der Waals surface area contributed by atoms with Gasteiger partial charge in [0.1, 0.15) is 11.5 Å². The van der Waals surface area contributed by atoms with Gasteiger partial charge in [-0.1, -0.05) is 76.9 Å². The van der Waals surface area contributed by atoms with Crippen LogP contribution in [0, 0.1) is 13.8 Å². The molecule has 0 radical (unpaired) electrons. The number of hydrogen-bond donors (Lipinski definition) is 0. The molecule has 0 fully saturated rings. The van der Waals surface area contributed by atoms with Crippen molar-refractivity contribution in [3.8, 4) is 11.5 Å². The van der Waals surface area contributed by atoms with Crippen molar-refractivity contribution in [2.75, 3.05) is 0 Å². The van der Waals surface area contributed by atoms with Gasteiger partial charge in [0, 0.05) is 17.5 Å². The molecule has 2 aromatic rings. The van der Waals surface area contributed by atoms with Crippen LogP contribution in [-0.2, 0) is 21.8 Å². The Labute approximate surface area is 164 Å². The summed E-state index contributed by atoms with van der Waals surface area (Å²) < 4.78 is 24.7. The van der Waals surface area contributed by atoms with E-state index in [4.69, 9.17) is 9.05 Å². The van der Waals surface area contributed by atoms with Crippen molar-refractivity contribution < 1.29 is 13.6 Å². The molecule has 3 rings (SSSR count). The number of hydrogen-bond acceptors (Lipinski definition) is 3. The van der Waals surface area contributed by atoms with Gasteiger partial charge in [0.2, 0.25) is 0 Å². The molecule has 1 heterocycles. The van der Waals surface area contributed by atoms with Crippen LogP contribution in [0.2, 0.25) is 0 Å². The molecule has 0 spiro atoms. The molecular weight excluding hydrogens is 355 g/mol. The van der Waals surface area contributed by atoms with E-state index in [1.807, 2.05) is 0 Å². The summed E-state index contributed by atoms with van der Waals surface area (Å²) in [4.78, 5) is 0. The predicted molar refractivity (Wildman–Crippen MR) is 113 cm³/mol. The van der Waals surface area contributed by atoms with Crippen molar-refractivity contribution in [1.82, 2.24) is 0 Å². The van der Waals surface area contributed by atoms with Crippen LogP contribution in [-0.4, -0.2) is 0 Å². The lowest BCUT2D eigenvalue weighted by Crippen LogP contribution is -2.17. The quantitative estimate of drug-likeness (QED) is 0.476. The van der Waals surface area contributed by atoms with Crippen molar-refractivity contribution in [1.29, 1.82) is 0 Å². The third-order valence-corrected chi connectivity index (χ3v) is 5.73. The monoisotopic (exact) mass is 386 g/mol. The first kappa shape index (κ1) is 20.0. The summed E-state index contributed by atoms with van der Waals surface area (Å²) in [5, 5.41) is 0. The van der Waals surface area contributed by atoms with Crippen molar-refractivity contribution in [3.63, 3.8) is 0 Å². The second-order valence-electron chi connectivity index (χ2n) is 9.73. The summed E-state index contributed by atoms with van der Waals surface area (Å²) in [5.41, 5.74) is 6.47. The van der Waals surface area contributed by atoms with E-state index in [1.165, 1.54) is 11.1 Å². The van der Waals surface area contributed by atoms with E-state index in [0.29, 0.717) is 6.42 Å². The average Bonchev–Trinajstić information content (AvgIpc) is 2.48.